The van der Waals surface area contributed by atoms with Gasteiger partial charge in [0.25, 0.3) is 10.0 Å². The van der Waals surface area contributed by atoms with Crippen molar-refractivity contribution in [2.75, 3.05) is 47.1 Å². The topological polar surface area (TPSA) is 96.5 Å². The molecule has 21 heavy (non-hydrogen) atoms. The molecule has 8 nitrogen and oxygen atoms in total. The number of methoxy groups -OCH3 is 2. The van der Waals surface area contributed by atoms with Crippen LogP contribution in [0.5, 0.6) is 0 Å². The number of nitrogens with zero attached hydrogens (tertiary/aromatic N) is 2. The fourth-order valence-corrected chi connectivity index (χ4v) is 3.29. The summed E-state index contributed by atoms with van der Waals surface area (Å²) in [5, 5.41) is 9.66. The van der Waals surface area contributed by atoms with E-state index in [4.69, 9.17) is 9.47 Å². The molecule has 0 saturated carbocycles. The van der Waals surface area contributed by atoms with E-state index < -0.39 is 10.0 Å². The molecule has 1 rings (SSSR count). The highest BCUT2D eigenvalue weighted by atomic mass is 32.2. The third-order valence-electron chi connectivity index (χ3n) is 2.93. The van der Waals surface area contributed by atoms with E-state index in [0.29, 0.717) is 25.3 Å². The lowest BCUT2D eigenvalue weighted by atomic mass is 10.3. The van der Waals surface area contributed by atoms with E-state index in [0.717, 1.165) is 6.54 Å². The van der Waals surface area contributed by atoms with Crippen LogP contribution in [0.2, 0.25) is 0 Å². The Morgan fingerprint density at radius 3 is 2.43 bits per heavy atom. The Labute approximate surface area is 125 Å². The Morgan fingerprint density at radius 2 is 1.90 bits per heavy atom. The Bertz CT molecular complexity index is 495. The van der Waals surface area contributed by atoms with Crippen LogP contribution < -0.4 is 5.32 Å². The van der Waals surface area contributed by atoms with Gasteiger partial charge in [0.15, 0.2) is 5.03 Å². The molecule has 0 aromatic carbocycles. The van der Waals surface area contributed by atoms with E-state index in [1.807, 2.05) is 6.92 Å². The van der Waals surface area contributed by atoms with Crippen molar-refractivity contribution >= 4 is 10.0 Å². The lowest BCUT2D eigenvalue weighted by molar-refractivity contribution is 0.150. The largest absolute Gasteiger partial charge is 0.383 e. The van der Waals surface area contributed by atoms with Crippen LogP contribution in [0.4, 0.5) is 0 Å². The Balaban J connectivity index is 2.95. The summed E-state index contributed by atoms with van der Waals surface area (Å²) < 4.78 is 36.7. The summed E-state index contributed by atoms with van der Waals surface area (Å²) in [6.07, 6.45) is 1.53. The number of aromatic amines is 1. The van der Waals surface area contributed by atoms with Crippen molar-refractivity contribution in [1.82, 2.24) is 19.8 Å². The monoisotopic (exact) mass is 320 g/mol. The quantitative estimate of drug-likeness (QED) is 0.586. The molecule has 2 N–H and O–H groups in total. The zero-order valence-corrected chi connectivity index (χ0v) is 13.6. The van der Waals surface area contributed by atoms with E-state index in [2.05, 4.69) is 15.5 Å². The smallest absolute Gasteiger partial charge is 0.260 e. The van der Waals surface area contributed by atoms with Gasteiger partial charge in [-0.2, -0.15) is 9.40 Å². The zero-order chi connectivity index (χ0) is 15.7. The maximum Gasteiger partial charge on any atom is 0.260 e. The van der Waals surface area contributed by atoms with Crippen molar-refractivity contribution in [2.45, 2.75) is 18.5 Å². The van der Waals surface area contributed by atoms with Gasteiger partial charge in [-0.3, -0.25) is 5.10 Å². The molecule has 0 spiro atoms. The molecule has 122 valence electrons. The molecule has 1 aromatic heterocycles. The van der Waals surface area contributed by atoms with Crippen LogP contribution in [-0.2, 0) is 26.0 Å². The van der Waals surface area contributed by atoms with Crippen molar-refractivity contribution in [1.29, 1.82) is 0 Å². The number of ether oxygens (including phenoxy) is 2. The average molecular weight is 320 g/mol. The van der Waals surface area contributed by atoms with Crippen LogP contribution in [0.3, 0.4) is 0 Å². The summed E-state index contributed by atoms with van der Waals surface area (Å²) in [6.45, 7) is 4.33. The first-order valence-electron chi connectivity index (χ1n) is 6.78. The first-order chi connectivity index (χ1) is 10.1. The van der Waals surface area contributed by atoms with Crippen molar-refractivity contribution < 1.29 is 17.9 Å². The summed E-state index contributed by atoms with van der Waals surface area (Å²) in [6, 6.07) is 0. The molecule has 0 saturated heterocycles. The molecule has 9 heteroatoms. The van der Waals surface area contributed by atoms with Crippen molar-refractivity contribution in [3.8, 4) is 0 Å². The number of hydrogen-bond donors (Lipinski definition) is 2. The molecule has 0 radical (unpaired) electrons. The normalized spacial score (nSPS) is 12.2. The van der Waals surface area contributed by atoms with Gasteiger partial charge in [-0.25, -0.2) is 8.42 Å². The summed E-state index contributed by atoms with van der Waals surface area (Å²) in [7, 11) is -0.577. The molecular weight excluding hydrogens is 296 g/mol. The third-order valence-corrected chi connectivity index (χ3v) is 4.85. The third kappa shape index (κ3) is 5.04. The minimum atomic E-state index is -3.65. The van der Waals surface area contributed by atoms with Crippen LogP contribution in [0.25, 0.3) is 0 Å². The Morgan fingerprint density at radius 1 is 1.29 bits per heavy atom. The van der Waals surface area contributed by atoms with Crippen molar-refractivity contribution in [3.05, 3.63) is 11.8 Å². The Kier molecular flexibility index (Phi) is 7.83. The maximum absolute atomic E-state index is 12.7. The van der Waals surface area contributed by atoms with Crippen LogP contribution in [0, 0.1) is 0 Å². The minimum Gasteiger partial charge on any atom is -0.383 e. The first-order valence-corrected chi connectivity index (χ1v) is 8.22. The molecule has 0 unspecified atom stereocenters. The number of sulfonamides is 1. The number of H-pyrrole nitrogens is 1. The average Bonchev–Trinajstić information content (AvgIpc) is 2.94. The molecule has 0 aliphatic heterocycles. The molecule has 0 bridgehead atoms. The lowest BCUT2D eigenvalue weighted by Crippen LogP contribution is -2.37. The van der Waals surface area contributed by atoms with Gasteiger partial charge in [-0.1, -0.05) is 6.92 Å². The van der Waals surface area contributed by atoms with E-state index in [-0.39, 0.29) is 18.1 Å². The number of rotatable bonds is 11. The lowest BCUT2D eigenvalue weighted by Gasteiger charge is -2.21. The van der Waals surface area contributed by atoms with Crippen LogP contribution in [0.1, 0.15) is 12.5 Å². The van der Waals surface area contributed by atoms with Gasteiger partial charge in [-0.15, -0.1) is 0 Å². The van der Waals surface area contributed by atoms with E-state index in [1.54, 1.807) is 0 Å². The van der Waals surface area contributed by atoms with Crippen LogP contribution in [0.15, 0.2) is 11.2 Å². The second-order valence-corrected chi connectivity index (χ2v) is 6.27. The molecular formula is C12H24N4O4S. The predicted octanol–water partition coefficient (Wildman–Crippen LogP) is -0.197. The second-order valence-electron chi connectivity index (χ2n) is 4.39. The molecule has 0 fully saturated rings. The maximum atomic E-state index is 12.7. The van der Waals surface area contributed by atoms with Crippen molar-refractivity contribution in [3.63, 3.8) is 0 Å². The predicted molar refractivity (Wildman–Crippen MR) is 78.5 cm³/mol. The van der Waals surface area contributed by atoms with Crippen LogP contribution >= 0.6 is 0 Å². The van der Waals surface area contributed by atoms with E-state index in [1.165, 1.54) is 24.7 Å². The molecule has 1 aromatic rings. The SMILES string of the molecule is CCNCc1cn[nH]c1S(=O)(=O)N(CCOC)CCOC. The highest BCUT2D eigenvalue weighted by Crippen LogP contribution is 2.17. The number of aromatic nitrogens is 2. The fourth-order valence-electron chi connectivity index (χ4n) is 1.78. The standard InChI is InChI=1S/C12H24N4O4S/c1-4-13-9-11-10-14-15-12(11)21(17,18)16(5-7-19-2)6-8-20-3/h10,13H,4-9H2,1-3H3,(H,14,15). The summed E-state index contributed by atoms with van der Waals surface area (Å²) in [5.74, 6) is 0. The zero-order valence-electron chi connectivity index (χ0n) is 12.8. The van der Waals surface area contributed by atoms with Gasteiger partial charge in [0, 0.05) is 39.4 Å². The Hall–Kier alpha value is -1.00. The fraction of sp³-hybridized carbons (Fsp3) is 0.750. The highest BCUT2D eigenvalue weighted by Gasteiger charge is 2.28. The van der Waals surface area contributed by atoms with Gasteiger partial charge in [0.05, 0.1) is 19.4 Å². The highest BCUT2D eigenvalue weighted by molar-refractivity contribution is 7.89. The van der Waals surface area contributed by atoms with E-state index in [9.17, 15) is 8.42 Å². The summed E-state index contributed by atoms with van der Waals surface area (Å²) >= 11 is 0. The van der Waals surface area contributed by atoms with Gasteiger partial charge in [0.1, 0.15) is 0 Å². The number of nitrogens with one attached hydrogen (secondary N) is 2. The number of hydrogen-bond acceptors (Lipinski definition) is 6. The molecule has 0 amide bonds. The van der Waals surface area contributed by atoms with Crippen LogP contribution in [-0.4, -0.2) is 70.0 Å². The van der Waals surface area contributed by atoms with Gasteiger partial charge >= 0.3 is 0 Å². The van der Waals surface area contributed by atoms with Crippen molar-refractivity contribution in [2.24, 2.45) is 0 Å². The first kappa shape index (κ1) is 18.1. The van der Waals surface area contributed by atoms with Gasteiger partial charge < -0.3 is 14.8 Å². The molecule has 1 heterocycles. The summed E-state index contributed by atoms with van der Waals surface area (Å²) in [5.41, 5.74) is 0.622. The molecule has 0 aliphatic rings. The van der Waals surface area contributed by atoms with Gasteiger partial charge in [-0.05, 0) is 6.54 Å². The molecule has 0 aliphatic carbocycles. The van der Waals surface area contributed by atoms with Gasteiger partial charge in [0.2, 0.25) is 0 Å². The minimum absolute atomic E-state index is 0.121. The molecule has 0 atom stereocenters. The summed E-state index contributed by atoms with van der Waals surface area (Å²) in [4.78, 5) is 0. The second kappa shape index (κ2) is 9.11. The van der Waals surface area contributed by atoms with E-state index >= 15 is 0 Å².